The Morgan fingerprint density at radius 2 is 2.25 bits per heavy atom. The first-order valence-electron chi connectivity index (χ1n) is 6.54. The van der Waals surface area contributed by atoms with E-state index in [2.05, 4.69) is 5.32 Å². The third-order valence-corrected chi connectivity index (χ3v) is 5.41. The molecule has 1 aliphatic rings. The van der Waals surface area contributed by atoms with Gasteiger partial charge in [0.1, 0.15) is 0 Å². The predicted octanol–water partition coefficient (Wildman–Crippen LogP) is 2.75. The van der Waals surface area contributed by atoms with Crippen LogP contribution in [0.1, 0.15) is 29.0 Å². The fourth-order valence-electron chi connectivity index (χ4n) is 1.97. The first kappa shape index (κ1) is 15.1. The molecule has 1 aromatic rings. The number of carboxylic acids is 1. The lowest BCUT2D eigenvalue weighted by Crippen LogP contribution is -2.33. The molecule has 20 heavy (non-hydrogen) atoms. The van der Waals surface area contributed by atoms with Crippen LogP contribution in [0, 0.1) is 0 Å². The molecule has 1 amide bonds. The summed E-state index contributed by atoms with van der Waals surface area (Å²) >= 11 is 3.23. The molecule has 0 radical (unpaired) electrons. The Morgan fingerprint density at radius 3 is 2.95 bits per heavy atom. The minimum absolute atomic E-state index is 0.0927. The van der Waals surface area contributed by atoms with E-state index < -0.39 is 5.97 Å². The Labute approximate surface area is 126 Å². The average Bonchev–Trinajstić information content (AvgIpc) is 2.91. The standard InChI is InChI=1S/C14H17NO3S2/c16-13(17)7-6-10-4-5-11(20-10)9-15-14(18)12-3-1-2-8-19-12/h4-7,12H,1-3,8-9H2,(H,15,18)(H,16,17)/b7-6+. The minimum atomic E-state index is -0.956. The Kier molecular flexibility index (Phi) is 5.67. The summed E-state index contributed by atoms with van der Waals surface area (Å²) in [5, 5.41) is 11.6. The average molecular weight is 311 g/mol. The summed E-state index contributed by atoms with van der Waals surface area (Å²) < 4.78 is 0. The molecule has 1 aromatic heterocycles. The number of carboxylic acid groups (broad SMARTS) is 1. The Balaban J connectivity index is 1.81. The van der Waals surface area contributed by atoms with Crippen molar-refractivity contribution < 1.29 is 14.7 Å². The van der Waals surface area contributed by atoms with E-state index >= 15 is 0 Å². The van der Waals surface area contributed by atoms with Crippen LogP contribution in [0.3, 0.4) is 0 Å². The minimum Gasteiger partial charge on any atom is -0.478 e. The highest BCUT2D eigenvalue weighted by atomic mass is 32.2. The fraction of sp³-hybridized carbons (Fsp3) is 0.429. The predicted molar refractivity (Wildman–Crippen MR) is 82.9 cm³/mol. The van der Waals surface area contributed by atoms with Crippen LogP contribution >= 0.6 is 23.1 Å². The third kappa shape index (κ3) is 4.68. The zero-order valence-corrected chi connectivity index (χ0v) is 12.6. The molecule has 0 saturated carbocycles. The van der Waals surface area contributed by atoms with Crippen LogP contribution in [0.15, 0.2) is 18.2 Å². The quantitative estimate of drug-likeness (QED) is 0.821. The third-order valence-electron chi connectivity index (χ3n) is 2.98. The van der Waals surface area contributed by atoms with Gasteiger partial charge in [0, 0.05) is 15.8 Å². The fourth-order valence-corrected chi connectivity index (χ4v) is 4.05. The van der Waals surface area contributed by atoms with Crippen molar-refractivity contribution in [1.29, 1.82) is 0 Å². The van der Waals surface area contributed by atoms with Crippen molar-refractivity contribution in [3.05, 3.63) is 28.0 Å². The van der Waals surface area contributed by atoms with Crippen LogP contribution in [0.4, 0.5) is 0 Å². The van der Waals surface area contributed by atoms with Crippen molar-refractivity contribution in [1.82, 2.24) is 5.32 Å². The van der Waals surface area contributed by atoms with Crippen LogP contribution in [-0.2, 0) is 16.1 Å². The molecule has 1 saturated heterocycles. The topological polar surface area (TPSA) is 66.4 Å². The van der Waals surface area contributed by atoms with E-state index in [9.17, 15) is 9.59 Å². The molecule has 1 atom stereocenters. The van der Waals surface area contributed by atoms with Crippen molar-refractivity contribution >= 4 is 41.1 Å². The maximum Gasteiger partial charge on any atom is 0.328 e. The first-order valence-corrected chi connectivity index (χ1v) is 8.41. The van der Waals surface area contributed by atoms with Crippen LogP contribution in [-0.4, -0.2) is 28.0 Å². The highest BCUT2D eigenvalue weighted by molar-refractivity contribution is 8.00. The zero-order valence-electron chi connectivity index (χ0n) is 11.0. The molecular weight excluding hydrogens is 294 g/mol. The van der Waals surface area contributed by atoms with E-state index in [1.807, 2.05) is 12.1 Å². The van der Waals surface area contributed by atoms with Gasteiger partial charge in [-0.05, 0) is 36.8 Å². The number of rotatable bonds is 5. The highest BCUT2D eigenvalue weighted by Crippen LogP contribution is 2.25. The van der Waals surface area contributed by atoms with Crippen molar-refractivity contribution in [2.45, 2.75) is 31.1 Å². The van der Waals surface area contributed by atoms with E-state index in [0.717, 1.165) is 34.4 Å². The Hall–Kier alpha value is -1.27. The summed E-state index contributed by atoms with van der Waals surface area (Å²) in [5.74, 6) is 0.231. The Morgan fingerprint density at radius 1 is 1.40 bits per heavy atom. The summed E-state index contributed by atoms with van der Waals surface area (Å²) in [4.78, 5) is 24.3. The normalized spacial score (nSPS) is 19.1. The second-order valence-corrected chi connectivity index (χ2v) is 7.06. The van der Waals surface area contributed by atoms with E-state index in [0.29, 0.717) is 6.54 Å². The molecule has 1 aliphatic heterocycles. The van der Waals surface area contributed by atoms with Gasteiger partial charge in [-0.3, -0.25) is 4.79 Å². The molecule has 1 unspecified atom stereocenters. The molecule has 1 fully saturated rings. The number of amides is 1. The second-order valence-electron chi connectivity index (χ2n) is 4.55. The lowest BCUT2D eigenvalue weighted by molar-refractivity contribution is -0.131. The molecule has 2 heterocycles. The molecule has 108 valence electrons. The monoisotopic (exact) mass is 311 g/mol. The molecule has 2 N–H and O–H groups in total. The highest BCUT2D eigenvalue weighted by Gasteiger charge is 2.21. The summed E-state index contributed by atoms with van der Waals surface area (Å²) in [6.07, 6.45) is 5.99. The largest absolute Gasteiger partial charge is 0.478 e. The molecule has 0 bridgehead atoms. The first-order chi connectivity index (χ1) is 9.65. The van der Waals surface area contributed by atoms with Gasteiger partial charge in [-0.1, -0.05) is 6.42 Å². The van der Waals surface area contributed by atoms with E-state index in [4.69, 9.17) is 5.11 Å². The second kappa shape index (κ2) is 7.50. The number of nitrogens with one attached hydrogen (secondary N) is 1. The maximum atomic E-state index is 12.0. The molecule has 0 aliphatic carbocycles. The Bertz CT molecular complexity index is 504. The molecule has 2 rings (SSSR count). The SMILES string of the molecule is O=C(O)/C=C/c1ccc(CNC(=O)C2CCCCS2)s1. The van der Waals surface area contributed by atoms with Crippen molar-refractivity contribution in [2.24, 2.45) is 0 Å². The molecule has 0 aromatic carbocycles. The smallest absolute Gasteiger partial charge is 0.328 e. The van der Waals surface area contributed by atoms with Crippen molar-refractivity contribution in [2.75, 3.05) is 5.75 Å². The number of thioether (sulfide) groups is 1. The number of carbonyl (C=O) groups excluding carboxylic acids is 1. The number of thiophene rings is 1. The molecular formula is C14H17NO3S2. The van der Waals surface area contributed by atoms with Gasteiger partial charge in [-0.25, -0.2) is 4.79 Å². The lowest BCUT2D eigenvalue weighted by atomic mass is 10.2. The molecule has 6 heteroatoms. The maximum absolute atomic E-state index is 12.0. The van der Waals surface area contributed by atoms with Crippen LogP contribution in [0.25, 0.3) is 6.08 Å². The van der Waals surface area contributed by atoms with E-state index in [1.54, 1.807) is 17.8 Å². The summed E-state index contributed by atoms with van der Waals surface area (Å²) in [7, 11) is 0. The summed E-state index contributed by atoms with van der Waals surface area (Å²) in [6, 6.07) is 3.78. The molecule has 4 nitrogen and oxygen atoms in total. The van der Waals surface area contributed by atoms with Gasteiger partial charge >= 0.3 is 5.97 Å². The summed E-state index contributed by atoms with van der Waals surface area (Å²) in [5.41, 5.74) is 0. The van der Waals surface area contributed by atoms with Gasteiger partial charge < -0.3 is 10.4 Å². The number of aliphatic carboxylic acids is 1. The van der Waals surface area contributed by atoms with Crippen LogP contribution in [0.2, 0.25) is 0 Å². The van der Waals surface area contributed by atoms with E-state index in [1.165, 1.54) is 17.8 Å². The van der Waals surface area contributed by atoms with E-state index in [-0.39, 0.29) is 11.2 Å². The number of carbonyl (C=O) groups is 2. The van der Waals surface area contributed by atoms with Gasteiger partial charge in [-0.2, -0.15) is 0 Å². The molecule has 0 spiro atoms. The van der Waals surface area contributed by atoms with Gasteiger partial charge in [0.25, 0.3) is 0 Å². The summed E-state index contributed by atoms with van der Waals surface area (Å²) in [6.45, 7) is 0.515. The van der Waals surface area contributed by atoms with Crippen LogP contribution in [0.5, 0.6) is 0 Å². The zero-order chi connectivity index (χ0) is 14.4. The van der Waals surface area contributed by atoms with Gasteiger partial charge in [0.05, 0.1) is 11.8 Å². The van der Waals surface area contributed by atoms with Gasteiger partial charge in [-0.15, -0.1) is 23.1 Å². The van der Waals surface area contributed by atoms with Gasteiger partial charge in [0.2, 0.25) is 5.91 Å². The van der Waals surface area contributed by atoms with Crippen LogP contribution < -0.4 is 5.32 Å². The lowest BCUT2D eigenvalue weighted by Gasteiger charge is -2.20. The number of hydrogen-bond acceptors (Lipinski definition) is 4. The van der Waals surface area contributed by atoms with Crippen molar-refractivity contribution in [3.8, 4) is 0 Å². The number of hydrogen-bond donors (Lipinski definition) is 2. The van der Waals surface area contributed by atoms with Crippen molar-refractivity contribution in [3.63, 3.8) is 0 Å². The van der Waals surface area contributed by atoms with Gasteiger partial charge in [0.15, 0.2) is 0 Å².